The van der Waals surface area contributed by atoms with Crippen LogP contribution in [0.1, 0.15) is 175 Å². The van der Waals surface area contributed by atoms with Gasteiger partial charge in [0.05, 0.1) is 84.3 Å². The van der Waals surface area contributed by atoms with Gasteiger partial charge >= 0.3 is 13.9 Å². The molecule has 21 N–H and O–H groups in total. The minimum Gasteiger partial charge on any atom is -0.450 e. The van der Waals surface area contributed by atoms with E-state index in [4.69, 9.17) is 56.6 Å². The van der Waals surface area contributed by atoms with Crippen molar-refractivity contribution >= 4 is 73.0 Å². The van der Waals surface area contributed by atoms with E-state index >= 15 is 0 Å². The van der Waals surface area contributed by atoms with Gasteiger partial charge in [-0.05, 0) is 77.0 Å². The second kappa shape index (κ2) is 62.6. The van der Waals surface area contributed by atoms with E-state index in [-0.39, 0.29) is 193 Å². The van der Waals surface area contributed by atoms with Crippen LogP contribution in [0.3, 0.4) is 0 Å². The number of aliphatic hydroxyl groups excluding tert-OH is 10. The molecule has 5 heterocycles. The highest BCUT2D eigenvalue weighted by Gasteiger charge is 2.49. The quantitative estimate of drug-likeness (QED) is 0.0200. The first-order chi connectivity index (χ1) is 61.3. The number of likely N-dealkylation sites (tertiary alicyclic amines) is 1. The second-order valence-corrected chi connectivity index (χ2v) is 33.5. The molecular formula is C80H142N11O36P. The van der Waals surface area contributed by atoms with E-state index in [2.05, 4.69) is 57.7 Å². The summed E-state index contributed by atoms with van der Waals surface area (Å²) in [6.07, 6.45) is -12.1. The molecule has 47 nitrogen and oxygen atoms in total. The molecule has 0 aliphatic carbocycles. The van der Waals surface area contributed by atoms with Crippen LogP contribution in [0, 0.1) is 0 Å². The van der Waals surface area contributed by atoms with Crippen LogP contribution in [0.25, 0.3) is 0 Å². The van der Waals surface area contributed by atoms with E-state index in [1.807, 2.05) is 0 Å². The highest BCUT2D eigenvalue weighted by atomic mass is 31.2. The van der Waals surface area contributed by atoms with Gasteiger partial charge in [0, 0.05) is 138 Å². The van der Waals surface area contributed by atoms with Crippen LogP contribution in [0.4, 0.5) is 4.79 Å². The summed E-state index contributed by atoms with van der Waals surface area (Å²) in [5.41, 5.74) is 0. The first-order valence-corrected chi connectivity index (χ1v) is 45.8. The van der Waals surface area contributed by atoms with Crippen LogP contribution in [-0.4, -0.2) is 393 Å². The maximum Gasteiger partial charge on any atom is 0.471 e. The van der Waals surface area contributed by atoms with E-state index in [1.54, 1.807) is 0 Å². The van der Waals surface area contributed by atoms with Gasteiger partial charge in [-0.2, -0.15) is 0 Å². The lowest BCUT2D eigenvalue weighted by atomic mass is 9.97. The van der Waals surface area contributed by atoms with Crippen molar-refractivity contribution in [3.63, 3.8) is 0 Å². The summed E-state index contributed by atoms with van der Waals surface area (Å²) in [4.78, 5) is 151. The van der Waals surface area contributed by atoms with Crippen LogP contribution in [0.5, 0.6) is 0 Å². The van der Waals surface area contributed by atoms with Crippen molar-refractivity contribution in [2.75, 3.05) is 139 Å². The zero-order valence-electron chi connectivity index (χ0n) is 73.8. The second-order valence-electron chi connectivity index (χ2n) is 32.0. The zero-order chi connectivity index (χ0) is 93.9. The van der Waals surface area contributed by atoms with E-state index in [0.717, 1.165) is 32.8 Å². The maximum atomic E-state index is 13.7. The fourth-order valence-corrected chi connectivity index (χ4v) is 15.1. The molecule has 0 aromatic carbocycles. The van der Waals surface area contributed by atoms with Crippen molar-refractivity contribution in [3.8, 4) is 0 Å². The fraction of sp³-hybridized carbons (Fsp3) is 0.863. The lowest BCUT2D eigenvalue weighted by Gasteiger charge is -2.42. The summed E-state index contributed by atoms with van der Waals surface area (Å²) in [6.45, 7) is 2.04. The van der Waals surface area contributed by atoms with Crippen molar-refractivity contribution in [3.05, 3.63) is 0 Å². The third kappa shape index (κ3) is 42.9. The molecule has 5 saturated heterocycles. The predicted molar refractivity (Wildman–Crippen MR) is 445 cm³/mol. The number of rotatable bonds is 64. The smallest absolute Gasteiger partial charge is 0.450 e. The fourth-order valence-electron chi connectivity index (χ4n) is 14.6. The predicted octanol–water partition coefficient (Wildman–Crippen LogP) is -5.46. The Hall–Kier alpha value is -6.72. The number of aliphatic hydroxyl groups is 10. The van der Waals surface area contributed by atoms with Gasteiger partial charge in [-0.15, -0.1) is 0 Å². The molecule has 0 bridgehead atoms. The van der Waals surface area contributed by atoms with E-state index < -0.39 is 192 Å². The number of hydrogen-bond donors (Lipinski definition) is 21. The zero-order valence-corrected chi connectivity index (χ0v) is 74.7. The number of ether oxygens (including phenoxy) is 11. The van der Waals surface area contributed by atoms with Crippen molar-refractivity contribution in [1.29, 1.82) is 0 Å². The van der Waals surface area contributed by atoms with Crippen molar-refractivity contribution in [1.82, 2.24) is 58.1 Å². The van der Waals surface area contributed by atoms with Crippen molar-refractivity contribution in [2.45, 2.75) is 303 Å². The number of carbonyl (C=O) groups excluding carboxylic acids is 11. The molecule has 5 fully saturated rings. The Morgan fingerprint density at radius 1 is 0.398 bits per heavy atom. The number of nitrogens with one attached hydrogen (secondary N) is 10. The number of β-amino-alcohol motifs (C(OH)–C–C–N with tert-alkyl or cyclic N) is 1. The normalized spacial score (nSPS) is 27.4. The molecule has 0 aromatic rings. The largest absolute Gasteiger partial charge is 0.471 e. The summed E-state index contributed by atoms with van der Waals surface area (Å²) in [5.74, 6) is -3.78. The van der Waals surface area contributed by atoms with E-state index in [0.29, 0.717) is 77.0 Å². The van der Waals surface area contributed by atoms with E-state index in [9.17, 15) is 113 Å². The highest BCUT2D eigenvalue weighted by Crippen LogP contribution is 2.43. The van der Waals surface area contributed by atoms with Gasteiger partial charge in [0.1, 0.15) is 91.4 Å². The molecule has 48 heteroatoms. The molecule has 0 radical (unpaired) electrons. The summed E-state index contributed by atoms with van der Waals surface area (Å²) in [7, 11) is -3.25. The van der Waals surface area contributed by atoms with Crippen molar-refractivity contribution < 1.29 is 174 Å². The molecule has 128 heavy (non-hydrogen) atoms. The lowest BCUT2D eigenvalue weighted by Crippen LogP contribution is -2.64. The Balaban J connectivity index is 1.14. The Morgan fingerprint density at radius 3 is 1.15 bits per heavy atom. The summed E-state index contributed by atoms with van der Waals surface area (Å²) in [6, 6.07) is -4.90. The number of carbonyl (C=O) groups is 11. The molecule has 5 aliphatic heterocycles. The summed E-state index contributed by atoms with van der Waals surface area (Å²) in [5, 5.41) is 129. The SMILES string of the molecule is COP(=O)(O)OC[C@@H]1C[C@@H](O)CN1C(=O)CCCCCCCCCOC(=O)N[C@H]1CO[C@H](COCCC(=O)NCCCNC(=O)CCCCO[C@@H]2O[C@H](CO)[C@H](O)[C@H](O)[C@H]2NC(C)=O)[C@@H](OCCC(=O)NCCCNC(=O)CCCCO[C@@H]2O[C@H](CO)[C@H](O)[C@H](O)[C@H]2NC(C)=O)[C@@H]1OCCC(=O)NCCCNC(=O)CCCCO[C@@H]1O[C@H](CO)[C@H](O)[C@H](O)[C@H]1NC(C)=O. The highest BCUT2D eigenvalue weighted by molar-refractivity contribution is 7.47. The Bertz CT molecular complexity index is 3340. The standard InChI is InChI=1S/C80H142N11O36P/c1-49(95)87-66-72(109)69(106)55(43-92)125-77(66)119-34-15-11-21-59(99)81-28-18-31-84-62(102)25-38-116-48-58-76(118-40-27-64(104)86-33-20-30-83-61(101)23-13-17-36-121-79-68(89-51(3)97)74(111)71(108)57(45-94)127-79)75(117-39-26-63(103)85-32-19-29-82-60(100)22-12-16-35-120-78-67(88-50(2)96)73(110)70(107)56(44-93)126-78)54(47-123-58)90-80(112)122-37-14-9-7-5-6-8-10-24-65(105)91-42-53(98)41-52(91)46-124-128(113,114)115-4/h52-58,66-79,92-94,98,106-111H,5-48H2,1-4H3,(H,81,99)(H,82,100)(H,83,101)(H,84,102)(H,85,103)(H,86,104)(H,87,95)(H,88,96)(H,89,97)(H,90,112)(H,113,114)/t52-,53+,54-,55+,56+,57+,58+,66+,67+,68+,69-,70-,71-,72+,73+,74+,75+,76+,77+,78+,79+/m0/s1. The molecule has 22 atom stereocenters. The molecule has 1 unspecified atom stereocenters. The van der Waals surface area contributed by atoms with E-state index in [1.165, 1.54) is 25.7 Å². The Morgan fingerprint density at radius 2 is 0.758 bits per heavy atom. The average molecular weight is 1870 g/mol. The molecule has 11 amide bonds. The third-order valence-corrected chi connectivity index (χ3v) is 22.5. The number of unbranched alkanes of at least 4 members (excludes halogenated alkanes) is 9. The van der Waals surface area contributed by atoms with Gasteiger partial charge in [-0.1, -0.05) is 32.1 Å². The lowest BCUT2D eigenvalue weighted by molar-refractivity contribution is -0.270. The van der Waals surface area contributed by atoms with Gasteiger partial charge < -0.3 is 166 Å². The molecule has 5 rings (SSSR count). The van der Waals surface area contributed by atoms with Gasteiger partial charge in [0.15, 0.2) is 18.9 Å². The van der Waals surface area contributed by atoms with Crippen LogP contribution >= 0.6 is 7.82 Å². The molecule has 738 valence electrons. The molecular weight excluding hydrogens is 1720 g/mol. The molecule has 0 aromatic heterocycles. The first-order valence-electron chi connectivity index (χ1n) is 44.3. The number of phosphoric ester groups is 1. The minimum absolute atomic E-state index is 0.0290. The minimum atomic E-state index is -4.28. The third-order valence-electron chi connectivity index (χ3n) is 21.5. The van der Waals surface area contributed by atoms with Gasteiger partial charge in [-0.3, -0.25) is 57.0 Å². The summed E-state index contributed by atoms with van der Waals surface area (Å²) >= 11 is 0. The van der Waals surface area contributed by atoms with Crippen LogP contribution in [0.15, 0.2) is 0 Å². The van der Waals surface area contributed by atoms with Crippen LogP contribution < -0.4 is 53.2 Å². The summed E-state index contributed by atoms with van der Waals surface area (Å²) < 4.78 is 86.0. The van der Waals surface area contributed by atoms with Crippen molar-refractivity contribution in [2.24, 2.45) is 0 Å². The first kappa shape index (κ1) is 112. The number of alkyl carbamates (subject to hydrolysis) is 1. The van der Waals surface area contributed by atoms with Crippen LogP contribution in [0.2, 0.25) is 0 Å². The monoisotopic (exact) mass is 1860 g/mol. The topological polar surface area (TPSA) is 671 Å². The Labute approximate surface area is 744 Å². The Kier molecular flexibility index (Phi) is 54.7. The molecule has 0 spiro atoms. The maximum absolute atomic E-state index is 13.7. The van der Waals surface area contributed by atoms with Crippen LogP contribution in [-0.2, 0) is 114 Å². The van der Waals surface area contributed by atoms with Gasteiger partial charge in [-0.25, -0.2) is 9.36 Å². The number of phosphoric acid groups is 1. The molecule has 5 aliphatic rings. The number of hydrogen-bond acceptors (Lipinski definition) is 35. The van der Waals surface area contributed by atoms with Gasteiger partial charge in [0.25, 0.3) is 0 Å². The van der Waals surface area contributed by atoms with Gasteiger partial charge in [0.2, 0.25) is 59.1 Å². The average Bonchev–Trinajstić information content (AvgIpc) is 1.05. The molecule has 0 saturated carbocycles. The number of amides is 11. The number of nitrogens with zero attached hydrogens (tertiary/aromatic N) is 1.